The van der Waals surface area contributed by atoms with E-state index in [1.54, 1.807) is 0 Å². The van der Waals surface area contributed by atoms with Gasteiger partial charge < -0.3 is 9.47 Å². The highest BCUT2D eigenvalue weighted by molar-refractivity contribution is 7.97. The molecule has 1 aliphatic heterocycles. The Morgan fingerprint density at radius 2 is 1.56 bits per heavy atom. The normalized spacial score (nSPS) is 32.2. The molecule has 4 aliphatic carbocycles. The van der Waals surface area contributed by atoms with Gasteiger partial charge in [-0.1, -0.05) is 36.4 Å². The van der Waals surface area contributed by atoms with E-state index in [4.69, 9.17) is 9.47 Å². The lowest BCUT2D eigenvalue weighted by Gasteiger charge is -2.62. The molecule has 0 N–H and O–H groups in total. The van der Waals surface area contributed by atoms with Gasteiger partial charge in [0.15, 0.2) is 21.3 Å². The van der Waals surface area contributed by atoms with Crippen LogP contribution in [0.1, 0.15) is 49.7 Å². The molecule has 4 heteroatoms. The Morgan fingerprint density at radius 3 is 2.25 bits per heavy atom. The molecule has 5 aliphatic rings. The predicted molar refractivity (Wildman–Crippen MR) is 141 cm³/mol. The number of ether oxygens (including phenoxy) is 2. The van der Waals surface area contributed by atoms with E-state index in [0.717, 1.165) is 30.1 Å². The molecular formula is C32H33O3S+. The van der Waals surface area contributed by atoms with Crippen LogP contribution in [0.2, 0.25) is 0 Å². The number of hydrogen-bond acceptors (Lipinski definition) is 3. The zero-order chi connectivity index (χ0) is 24.4. The molecule has 4 saturated carbocycles. The number of rotatable bonds is 3. The van der Waals surface area contributed by atoms with Gasteiger partial charge in [0.2, 0.25) is 0 Å². The van der Waals surface area contributed by atoms with Crippen molar-refractivity contribution in [1.82, 2.24) is 0 Å². The van der Waals surface area contributed by atoms with E-state index >= 15 is 0 Å². The van der Waals surface area contributed by atoms with Crippen LogP contribution in [0.3, 0.4) is 0 Å². The third-order valence-corrected chi connectivity index (χ3v) is 11.6. The standard InChI is InChI=1S/C32H33O3S/c1-20-13-26(36(24-9-5-3-6-10-24)25-11-7-4-8-12-25)18-27-30-22-14-21-15-23(17-22)32(2,28(30)16-21)35-29(33)19-34-31(20)27/h3-13,18,21-23,28,30H,14-17,19H2,1-2H3/q+1. The van der Waals surface area contributed by atoms with Crippen molar-refractivity contribution in [1.29, 1.82) is 0 Å². The maximum absolute atomic E-state index is 12.9. The Kier molecular flexibility index (Phi) is 5.25. The fourth-order valence-electron chi connectivity index (χ4n) is 8.05. The van der Waals surface area contributed by atoms with Gasteiger partial charge >= 0.3 is 5.97 Å². The van der Waals surface area contributed by atoms with Crippen LogP contribution in [0.25, 0.3) is 0 Å². The minimum atomic E-state index is -0.384. The van der Waals surface area contributed by atoms with Crippen molar-refractivity contribution in [2.24, 2.45) is 23.7 Å². The molecule has 3 aromatic carbocycles. The zero-order valence-corrected chi connectivity index (χ0v) is 21.8. The first-order chi connectivity index (χ1) is 17.5. The van der Waals surface area contributed by atoms with Gasteiger partial charge in [0.1, 0.15) is 11.4 Å². The molecular weight excluding hydrogens is 464 g/mol. The second-order valence-electron chi connectivity index (χ2n) is 11.4. The van der Waals surface area contributed by atoms with Crippen molar-refractivity contribution in [2.75, 3.05) is 6.61 Å². The lowest BCUT2D eigenvalue weighted by atomic mass is 9.45. The summed E-state index contributed by atoms with van der Waals surface area (Å²) in [7, 11) is -0.221. The second-order valence-corrected chi connectivity index (χ2v) is 13.5. The average molecular weight is 498 g/mol. The van der Waals surface area contributed by atoms with Crippen LogP contribution in [0.5, 0.6) is 5.75 Å². The summed E-state index contributed by atoms with van der Waals surface area (Å²) in [6, 6.07) is 26.4. The molecule has 0 radical (unpaired) electrons. The summed E-state index contributed by atoms with van der Waals surface area (Å²) in [5.74, 6) is 3.34. The molecule has 6 atom stereocenters. The van der Waals surface area contributed by atoms with Crippen molar-refractivity contribution >= 4 is 16.9 Å². The summed E-state index contributed by atoms with van der Waals surface area (Å²) in [5.41, 5.74) is 2.05. The molecule has 1 heterocycles. The van der Waals surface area contributed by atoms with Crippen molar-refractivity contribution in [3.05, 3.63) is 83.9 Å². The highest BCUT2D eigenvalue weighted by Crippen LogP contribution is 2.66. The molecule has 3 nitrogen and oxygen atoms in total. The first-order valence-corrected chi connectivity index (χ1v) is 14.6. The predicted octanol–water partition coefficient (Wildman–Crippen LogP) is 6.93. The fourth-order valence-corrected chi connectivity index (χ4v) is 10.3. The molecule has 0 spiro atoms. The second kappa shape index (κ2) is 8.41. The van der Waals surface area contributed by atoms with Crippen LogP contribution in [-0.2, 0) is 20.4 Å². The van der Waals surface area contributed by atoms with Crippen LogP contribution in [-0.4, -0.2) is 18.2 Å². The number of esters is 1. The van der Waals surface area contributed by atoms with Gasteiger partial charge in [-0.25, -0.2) is 4.79 Å². The topological polar surface area (TPSA) is 35.5 Å². The van der Waals surface area contributed by atoms with Crippen molar-refractivity contribution < 1.29 is 14.3 Å². The van der Waals surface area contributed by atoms with E-state index in [9.17, 15) is 4.79 Å². The number of benzene rings is 3. The van der Waals surface area contributed by atoms with Gasteiger partial charge in [0, 0.05) is 23.6 Å². The third-order valence-electron chi connectivity index (χ3n) is 9.41. The molecule has 6 unspecified atom stereocenters. The Labute approximate surface area is 216 Å². The maximum Gasteiger partial charge on any atom is 0.344 e. The Balaban J connectivity index is 1.42. The summed E-state index contributed by atoms with van der Waals surface area (Å²) in [4.78, 5) is 16.9. The van der Waals surface area contributed by atoms with Gasteiger partial charge in [0.05, 0.1) is 10.9 Å². The van der Waals surface area contributed by atoms with Gasteiger partial charge in [-0.05, 0) is 93.0 Å². The highest BCUT2D eigenvalue weighted by Gasteiger charge is 2.62. The van der Waals surface area contributed by atoms with Gasteiger partial charge in [-0.2, -0.15) is 0 Å². The summed E-state index contributed by atoms with van der Waals surface area (Å²) < 4.78 is 12.6. The number of carbonyl (C=O) groups excluding carboxylic acids is 1. The van der Waals surface area contributed by atoms with E-state index in [1.807, 2.05) is 0 Å². The number of carbonyl (C=O) groups is 1. The minimum Gasteiger partial charge on any atom is -0.481 e. The lowest BCUT2D eigenvalue weighted by Crippen LogP contribution is -2.61. The van der Waals surface area contributed by atoms with Crippen LogP contribution >= 0.6 is 0 Å². The number of hydrogen-bond donors (Lipinski definition) is 0. The van der Waals surface area contributed by atoms with E-state index in [0.29, 0.717) is 23.7 Å². The molecule has 184 valence electrons. The molecule has 0 aromatic heterocycles. The first kappa shape index (κ1) is 22.5. The number of aryl methyl sites for hydroxylation is 1. The van der Waals surface area contributed by atoms with Gasteiger partial charge in [-0.3, -0.25) is 0 Å². The minimum absolute atomic E-state index is 0.00782. The maximum atomic E-state index is 12.9. The largest absolute Gasteiger partial charge is 0.481 e. The molecule has 8 rings (SSSR count). The fraction of sp³-hybridized carbons (Fsp3) is 0.406. The van der Waals surface area contributed by atoms with Crippen LogP contribution in [0.4, 0.5) is 0 Å². The van der Waals surface area contributed by atoms with E-state index in [1.165, 1.54) is 33.1 Å². The molecule has 4 fully saturated rings. The summed E-state index contributed by atoms with van der Waals surface area (Å²) >= 11 is 0. The van der Waals surface area contributed by atoms with Crippen molar-refractivity contribution in [3.63, 3.8) is 0 Å². The Hall–Kier alpha value is -2.72. The van der Waals surface area contributed by atoms with Crippen LogP contribution < -0.4 is 4.74 Å². The highest BCUT2D eigenvalue weighted by atomic mass is 32.2. The zero-order valence-electron chi connectivity index (χ0n) is 21.0. The monoisotopic (exact) mass is 497 g/mol. The third kappa shape index (κ3) is 3.44. The molecule has 0 amide bonds. The average Bonchev–Trinajstić information content (AvgIpc) is 2.91. The molecule has 3 aromatic rings. The van der Waals surface area contributed by atoms with Crippen molar-refractivity contribution in [3.8, 4) is 5.75 Å². The Bertz CT molecular complexity index is 1270. The molecule has 0 saturated heterocycles. The van der Waals surface area contributed by atoms with E-state index in [-0.39, 0.29) is 29.1 Å². The quantitative estimate of drug-likeness (QED) is 0.291. The first-order valence-electron chi connectivity index (χ1n) is 13.3. The summed E-state index contributed by atoms with van der Waals surface area (Å²) in [6.07, 6.45) is 4.83. The molecule has 6 bridgehead atoms. The van der Waals surface area contributed by atoms with Crippen LogP contribution in [0, 0.1) is 30.6 Å². The van der Waals surface area contributed by atoms with Crippen molar-refractivity contribution in [2.45, 2.75) is 65.7 Å². The lowest BCUT2D eigenvalue weighted by molar-refractivity contribution is -0.208. The smallest absolute Gasteiger partial charge is 0.344 e. The van der Waals surface area contributed by atoms with Gasteiger partial charge in [-0.15, -0.1) is 0 Å². The van der Waals surface area contributed by atoms with Crippen LogP contribution in [0.15, 0.2) is 87.5 Å². The Morgan fingerprint density at radius 1 is 0.861 bits per heavy atom. The SMILES string of the molecule is Cc1cc([S+](c2ccccc2)c2ccccc2)cc2c1OCC(=O)OC1(C)C3CC4CC(C3)C2C1C4. The van der Waals surface area contributed by atoms with E-state index < -0.39 is 0 Å². The summed E-state index contributed by atoms with van der Waals surface area (Å²) in [5, 5.41) is 0. The number of fused-ring (bicyclic) bond motifs is 1. The summed E-state index contributed by atoms with van der Waals surface area (Å²) in [6.45, 7) is 4.37. The molecule has 36 heavy (non-hydrogen) atoms. The van der Waals surface area contributed by atoms with Gasteiger partial charge in [0.25, 0.3) is 0 Å². The van der Waals surface area contributed by atoms with E-state index in [2.05, 4.69) is 86.6 Å².